The molecule has 2 N–H and O–H groups in total. The van der Waals surface area contributed by atoms with Gasteiger partial charge in [-0.3, -0.25) is 4.99 Å². The molecule has 1 fully saturated rings. The van der Waals surface area contributed by atoms with Gasteiger partial charge in [-0.15, -0.1) is 24.0 Å². The molecule has 1 aliphatic heterocycles. The molecule has 0 aromatic heterocycles. The van der Waals surface area contributed by atoms with Gasteiger partial charge in [-0.25, -0.2) is 0 Å². The van der Waals surface area contributed by atoms with Gasteiger partial charge in [0.2, 0.25) is 0 Å². The zero-order valence-corrected chi connectivity index (χ0v) is 22.4. The van der Waals surface area contributed by atoms with Gasteiger partial charge in [-0.1, -0.05) is 42.5 Å². The van der Waals surface area contributed by atoms with Crippen LogP contribution in [0.2, 0.25) is 0 Å². The first-order chi connectivity index (χ1) is 15.7. The first kappa shape index (κ1) is 27.4. The molecule has 1 heterocycles. The van der Waals surface area contributed by atoms with Crippen LogP contribution in [-0.4, -0.2) is 53.1 Å². The molecule has 33 heavy (non-hydrogen) atoms. The van der Waals surface area contributed by atoms with Crippen LogP contribution in [0.25, 0.3) is 0 Å². The molecule has 0 atom stereocenters. The minimum atomic E-state index is 0. The molecule has 6 nitrogen and oxygen atoms in total. The van der Waals surface area contributed by atoms with Gasteiger partial charge >= 0.3 is 0 Å². The van der Waals surface area contributed by atoms with E-state index in [-0.39, 0.29) is 29.4 Å². The van der Waals surface area contributed by atoms with Crippen LogP contribution in [0.1, 0.15) is 36.0 Å². The average molecular weight is 568 g/mol. The van der Waals surface area contributed by atoms with E-state index in [4.69, 9.17) is 14.2 Å². The largest absolute Gasteiger partial charge is 0.493 e. The number of hydrogen-bond acceptors (Lipinski definition) is 4. The predicted molar refractivity (Wildman–Crippen MR) is 145 cm³/mol. The van der Waals surface area contributed by atoms with Crippen molar-refractivity contribution >= 4 is 29.9 Å². The van der Waals surface area contributed by atoms with Crippen molar-refractivity contribution in [3.8, 4) is 5.75 Å². The molecule has 0 amide bonds. The van der Waals surface area contributed by atoms with Gasteiger partial charge in [0.15, 0.2) is 5.96 Å². The molecule has 3 rings (SSSR count). The SMILES string of the molecule is CN=C(NCc1ccc(C)cc1OCCCOC)NCC1(c2ccccc2)CCOCC1.I. The lowest BCUT2D eigenvalue weighted by Crippen LogP contribution is -2.47. The molecule has 0 saturated carbocycles. The Balaban J connectivity index is 0.00000385. The van der Waals surface area contributed by atoms with Crippen molar-refractivity contribution in [3.63, 3.8) is 0 Å². The second-order valence-electron chi connectivity index (χ2n) is 8.34. The fourth-order valence-electron chi connectivity index (χ4n) is 4.10. The van der Waals surface area contributed by atoms with Crippen molar-refractivity contribution in [2.45, 2.75) is 38.1 Å². The van der Waals surface area contributed by atoms with Crippen LogP contribution in [0.4, 0.5) is 0 Å². The Morgan fingerprint density at radius 2 is 1.82 bits per heavy atom. The summed E-state index contributed by atoms with van der Waals surface area (Å²) in [5.41, 5.74) is 3.70. The van der Waals surface area contributed by atoms with Gasteiger partial charge in [0, 0.05) is 64.5 Å². The molecule has 2 aromatic rings. The lowest BCUT2D eigenvalue weighted by molar-refractivity contribution is 0.0514. The number of aliphatic imine (C=N–C) groups is 1. The maximum Gasteiger partial charge on any atom is 0.191 e. The smallest absolute Gasteiger partial charge is 0.191 e. The van der Waals surface area contributed by atoms with Gasteiger partial charge in [-0.2, -0.15) is 0 Å². The highest BCUT2D eigenvalue weighted by molar-refractivity contribution is 14.0. The topological polar surface area (TPSA) is 64.1 Å². The van der Waals surface area contributed by atoms with Gasteiger partial charge < -0.3 is 24.8 Å². The summed E-state index contributed by atoms with van der Waals surface area (Å²) in [6.45, 7) is 6.44. The third-order valence-corrected chi connectivity index (χ3v) is 6.07. The van der Waals surface area contributed by atoms with E-state index in [0.717, 1.165) is 56.3 Å². The van der Waals surface area contributed by atoms with Crippen LogP contribution < -0.4 is 15.4 Å². The number of nitrogens with zero attached hydrogens (tertiary/aromatic N) is 1. The molecule has 7 heteroatoms. The third kappa shape index (κ3) is 8.15. The Morgan fingerprint density at radius 1 is 1.06 bits per heavy atom. The van der Waals surface area contributed by atoms with E-state index in [0.29, 0.717) is 19.8 Å². The highest BCUT2D eigenvalue weighted by Crippen LogP contribution is 2.34. The number of methoxy groups -OCH3 is 1. The molecule has 182 valence electrons. The van der Waals surface area contributed by atoms with Crippen LogP contribution in [0.15, 0.2) is 53.5 Å². The molecule has 0 unspecified atom stereocenters. The van der Waals surface area contributed by atoms with Gasteiger partial charge in [-0.05, 0) is 37.0 Å². The van der Waals surface area contributed by atoms with Crippen molar-refractivity contribution in [1.82, 2.24) is 10.6 Å². The lowest BCUT2D eigenvalue weighted by Gasteiger charge is -2.38. The lowest BCUT2D eigenvalue weighted by atomic mass is 9.74. The number of halogens is 1. The molecule has 0 spiro atoms. The van der Waals surface area contributed by atoms with Crippen molar-refractivity contribution < 1.29 is 14.2 Å². The second kappa shape index (κ2) is 14.4. The minimum absolute atomic E-state index is 0. The predicted octanol–water partition coefficient (Wildman–Crippen LogP) is 4.44. The minimum Gasteiger partial charge on any atom is -0.493 e. The number of guanidine groups is 1. The van der Waals surface area contributed by atoms with Crippen molar-refractivity contribution in [3.05, 3.63) is 65.2 Å². The molecular formula is C26H38IN3O3. The Hall–Kier alpha value is -1.84. The number of ether oxygens (including phenoxy) is 3. The number of rotatable bonds is 10. The quantitative estimate of drug-likeness (QED) is 0.193. The number of aryl methyl sites for hydroxylation is 1. The Bertz CT molecular complexity index is 855. The van der Waals surface area contributed by atoms with Crippen LogP contribution in [0, 0.1) is 6.92 Å². The van der Waals surface area contributed by atoms with E-state index < -0.39 is 0 Å². The van der Waals surface area contributed by atoms with Gasteiger partial charge in [0.05, 0.1) is 6.61 Å². The van der Waals surface area contributed by atoms with Crippen molar-refractivity contribution in [2.24, 2.45) is 4.99 Å². The molecular weight excluding hydrogens is 529 g/mol. The summed E-state index contributed by atoms with van der Waals surface area (Å²) in [6, 6.07) is 17.1. The molecule has 2 aromatic carbocycles. The van der Waals surface area contributed by atoms with E-state index in [1.165, 1.54) is 11.1 Å². The Labute approximate surface area is 215 Å². The number of hydrogen-bond donors (Lipinski definition) is 2. The Morgan fingerprint density at radius 3 is 2.52 bits per heavy atom. The first-order valence-corrected chi connectivity index (χ1v) is 11.5. The molecule has 0 radical (unpaired) electrons. The zero-order chi connectivity index (χ0) is 22.7. The fourth-order valence-corrected chi connectivity index (χ4v) is 4.10. The Kier molecular flexibility index (Phi) is 12.0. The molecule has 0 bridgehead atoms. The summed E-state index contributed by atoms with van der Waals surface area (Å²) < 4.78 is 16.8. The van der Waals surface area contributed by atoms with Crippen LogP contribution in [0.3, 0.4) is 0 Å². The van der Waals surface area contributed by atoms with E-state index in [1.807, 2.05) is 7.05 Å². The average Bonchev–Trinajstić information content (AvgIpc) is 2.84. The third-order valence-electron chi connectivity index (χ3n) is 6.07. The standard InChI is InChI=1S/C26H37N3O3.HI/c1-21-10-11-22(24(18-21)32-15-7-14-30-3)19-28-25(27-2)29-20-26(12-16-31-17-13-26)23-8-5-4-6-9-23;/h4-6,8-11,18H,7,12-17,19-20H2,1-3H3,(H2,27,28,29);1H. The fraction of sp³-hybridized carbons (Fsp3) is 0.500. The number of benzene rings is 2. The van der Waals surface area contributed by atoms with E-state index in [1.54, 1.807) is 7.11 Å². The van der Waals surface area contributed by atoms with E-state index in [9.17, 15) is 0 Å². The maximum atomic E-state index is 6.02. The highest BCUT2D eigenvalue weighted by Gasteiger charge is 2.34. The van der Waals surface area contributed by atoms with Crippen LogP contribution in [0.5, 0.6) is 5.75 Å². The molecule has 1 saturated heterocycles. The van der Waals surface area contributed by atoms with Crippen LogP contribution in [-0.2, 0) is 21.4 Å². The van der Waals surface area contributed by atoms with Gasteiger partial charge in [0.25, 0.3) is 0 Å². The van der Waals surface area contributed by atoms with Gasteiger partial charge in [0.1, 0.15) is 5.75 Å². The molecule has 1 aliphatic rings. The zero-order valence-electron chi connectivity index (χ0n) is 20.1. The molecule has 0 aliphatic carbocycles. The normalized spacial score (nSPS) is 15.4. The highest BCUT2D eigenvalue weighted by atomic mass is 127. The second-order valence-corrected chi connectivity index (χ2v) is 8.34. The number of nitrogens with one attached hydrogen (secondary N) is 2. The summed E-state index contributed by atoms with van der Waals surface area (Å²) in [5.74, 6) is 1.70. The monoisotopic (exact) mass is 567 g/mol. The maximum absolute atomic E-state index is 6.02. The van der Waals surface area contributed by atoms with Crippen LogP contribution >= 0.6 is 24.0 Å². The van der Waals surface area contributed by atoms with Crippen molar-refractivity contribution in [2.75, 3.05) is 47.1 Å². The van der Waals surface area contributed by atoms with E-state index >= 15 is 0 Å². The summed E-state index contributed by atoms with van der Waals surface area (Å²) in [7, 11) is 3.52. The summed E-state index contributed by atoms with van der Waals surface area (Å²) in [4.78, 5) is 4.45. The summed E-state index contributed by atoms with van der Waals surface area (Å²) in [5, 5.41) is 7.02. The van der Waals surface area contributed by atoms with E-state index in [2.05, 4.69) is 71.1 Å². The summed E-state index contributed by atoms with van der Waals surface area (Å²) >= 11 is 0. The first-order valence-electron chi connectivity index (χ1n) is 11.5. The summed E-state index contributed by atoms with van der Waals surface area (Å²) in [6.07, 6.45) is 2.86. The van der Waals surface area contributed by atoms with Crippen molar-refractivity contribution in [1.29, 1.82) is 0 Å².